The fourth-order valence-corrected chi connectivity index (χ4v) is 1.03. The number of hydrogen-bond acceptors (Lipinski definition) is 4. The third kappa shape index (κ3) is 4.47. The van der Waals surface area contributed by atoms with Gasteiger partial charge in [-0.1, -0.05) is 0 Å². The van der Waals surface area contributed by atoms with Gasteiger partial charge in [0.25, 0.3) is 0 Å². The molecule has 1 aliphatic rings. The Kier molecular flexibility index (Phi) is 4.25. The van der Waals surface area contributed by atoms with Crippen LogP contribution in [0.3, 0.4) is 0 Å². The smallest absolute Gasteiger partial charge is 0.305 e. The van der Waals surface area contributed by atoms with Crippen LogP contribution in [0.5, 0.6) is 0 Å². The molecule has 0 aromatic rings. The summed E-state index contributed by atoms with van der Waals surface area (Å²) in [7, 11) is 0. The zero-order valence-corrected chi connectivity index (χ0v) is 7.48. The highest BCUT2D eigenvalue weighted by molar-refractivity contribution is 5.66. The predicted octanol–water partition coefficient (Wildman–Crippen LogP) is -0.178. The van der Waals surface area contributed by atoms with Crippen LogP contribution >= 0.6 is 0 Å². The summed E-state index contributed by atoms with van der Waals surface area (Å²) >= 11 is 0. The Bertz CT molecular complexity index is 194. The second-order valence-electron chi connectivity index (χ2n) is 2.81. The Labute approximate surface area is 77.0 Å². The molecule has 0 radical (unpaired) electrons. The van der Waals surface area contributed by atoms with E-state index in [1.807, 2.05) is 0 Å². The molecule has 0 bridgehead atoms. The second kappa shape index (κ2) is 5.53. The van der Waals surface area contributed by atoms with Gasteiger partial charge in [-0.15, -0.1) is 0 Å². The first-order chi connectivity index (χ1) is 6.29. The number of carboxylic acids is 1. The van der Waals surface area contributed by atoms with Crippen molar-refractivity contribution in [2.45, 2.75) is 6.42 Å². The Morgan fingerprint density at radius 2 is 2.46 bits per heavy atom. The average molecular weight is 186 g/mol. The van der Waals surface area contributed by atoms with Crippen LogP contribution in [-0.2, 0) is 9.53 Å². The standard InChI is InChI=1S/C8H14N2O3/c11-8(12)1-5-13-6-4-10-3-2-9-7-10/h7H,1-6H2,(H,11,12). The van der Waals surface area contributed by atoms with Crippen molar-refractivity contribution in [1.82, 2.24) is 4.90 Å². The second-order valence-corrected chi connectivity index (χ2v) is 2.81. The van der Waals surface area contributed by atoms with Crippen LogP contribution in [0, 0.1) is 0 Å². The van der Waals surface area contributed by atoms with Crippen LogP contribution in [-0.4, -0.2) is 55.2 Å². The number of nitrogens with zero attached hydrogens (tertiary/aromatic N) is 2. The van der Waals surface area contributed by atoms with E-state index < -0.39 is 5.97 Å². The Morgan fingerprint density at radius 3 is 3.08 bits per heavy atom. The number of rotatable bonds is 6. The molecular formula is C8H14N2O3. The molecule has 1 heterocycles. The lowest BCUT2D eigenvalue weighted by atomic mass is 10.5. The summed E-state index contributed by atoms with van der Waals surface area (Å²) in [6.07, 6.45) is 1.88. The molecule has 0 amide bonds. The maximum atomic E-state index is 10.1. The lowest BCUT2D eigenvalue weighted by Gasteiger charge is -2.12. The largest absolute Gasteiger partial charge is 0.481 e. The zero-order chi connectivity index (χ0) is 9.52. The molecule has 74 valence electrons. The van der Waals surface area contributed by atoms with Crippen molar-refractivity contribution in [3.8, 4) is 0 Å². The van der Waals surface area contributed by atoms with E-state index >= 15 is 0 Å². The molecule has 1 N–H and O–H groups in total. The number of carbonyl (C=O) groups is 1. The van der Waals surface area contributed by atoms with E-state index in [0.29, 0.717) is 13.2 Å². The Hall–Kier alpha value is -1.10. The summed E-state index contributed by atoms with van der Waals surface area (Å²) in [6, 6.07) is 0. The lowest BCUT2D eigenvalue weighted by molar-refractivity contribution is -0.138. The molecule has 5 nitrogen and oxygen atoms in total. The summed E-state index contributed by atoms with van der Waals surface area (Å²) in [5, 5.41) is 8.31. The SMILES string of the molecule is O=C(O)CCOCCN1C=NCC1. The normalized spacial score (nSPS) is 15.2. The van der Waals surface area contributed by atoms with Gasteiger partial charge < -0.3 is 14.7 Å². The number of aliphatic carboxylic acids is 1. The molecular weight excluding hydrogens is 172 g/mol. The monoisotopic (exact) mass is 186 g/mol. The number of aliphatic imine (C=N–C) groups is 1. The molecule has 0 aromatic heterocycles. The molecule has 1 rings (SSSR count). The van der Waals surface area contributed by atoms with Gasteiger partial charge in [-0.05, 0) is 0 Å². The molecule has 1 aliphatic heterocycles. The van der Waals surface area contributed by atoms with E-state index in [0.717, 1.165) is 19.6 Å². The van der Waals surface area contributed by atoms with Gasteiger partial charge in [-0.3, -0.25) is 9.79 Å². The number of ether oxygens (including phenoxy) is 1. The Morgan fingerprint density at radius 1 is 1.62 bits per heavy atom. The highest BCUT2D eigenvalue weighted by Gasteiger charge is 2.04. The van der Waals surface area contributed by atoms with E-state index in [1.54, 1.807) is 6.34 Å². The van der Waals surface area contributed by atoms with E-state index in [1.165, 1.54) is 0 Å². The molecule has 0 saturated carbocycles. The molecule has 0 unspecified atom stereocenters. The fourth-order valence-electron chi connectivity index (χ4n) is 1.03. The summed E-state index contributed by atoms with van der Waals surface area (Å²) in [4.78, 5) is 16.2. The topological polar surface area (TPSA) is 62.1 Å². The Balaban J connectivity index is 1.89. The number of hydrogen-bond donors (Lipinski definition) is 1. The van der Waals surface area contributed by atoms with Gasteiger partial charge >= 0.3 is 5.97 Å². The fraction of sp³-hybridized carbons (Fsp3) is 0.750. The highest BCUT2D eigenvalue weighted by atomic mass is 16.5. The maximum absolute atomic E-state index is 10.1. The van der Waals surface area contributed by atoms with E-state index in [9.17, 15) is 4.79 Å². The van der Waals surface area contributed by atoms with Crippen molar-refractivity contribution in [1.29, 1.82) is 0 Å². The van der Waals surface area contributed by atoms with Gasteiger partial charge in [0.1, 0.15) is 0 Å². The van der Waals surface area contributed by atoms with Crippen LogP contribution in [0.25, 0.3) is 0 Å². The van der Waals surface area contributed by atoms with Crippen molar-refractivity contribution in [3.05, 3.63) is 0 Å². The van der Waals surface area contributed by atoms with Crippen molar-refractivity contribution < 1.29 is 14.6 Å². The van der Waals surface area contributed by atoms with Crippen molar-refractivity contribution in [2.75, 3.05) is 32.8 Å². The summed E-state index contributed by atoms with van der Waals surface area (Å²) in [5.74, 6) is -0.817. The van der Waals surface area contributed by atoms with E-state index in [4.69, 9.17) is 9.84 Å². The molecule has 0 aliphatic carbocycles. The first-order valence-electron chi connectivity index (χ1n) is 4.32. The summed E-state index contributed by atoms with van der Waals surface area (Å²) in [6.45, 7) is 3.46. The van der Waals surface area contributed by atoms with Crippen molar-refractivity contribution >= 4 is 12.3 Å². The molecule has 0 atom stereocenters. The summed E-state index contributed by atoms with van der Waals surface area (Å²) < 4.78 is 5.12. The van der Waals surface area contributed by atoms with Gasteiger partial charge in [0.15, 0.2) is 0 Å². The summed E-state index contributed by atoms with van der Waals surface area (Å²) in [5.41, 5.74) is 0. The quantitative estimate of drug-likeness (QED) is 0.584. The molecule has 0 fully saturated rings. The minimum Gasteiger partial charge on any atom is -0.481 e. The number of carboxylic acid groups (broad SMARTS) is 1. The van der Waals surface area contributed by atoms with Crippen molar-refractivity contribution in [2.24, 2.45) is 4.99 Å². The van der Waals surface area contributed by atoms with Gasteiger partial charge in [-0.2, -0.15) is 0 Å². The van der Waals surface area contributed by atoms with Crippen LogP contribution < -0.4 is 0 Å². The predicted molar refractivity (Wildman–Crippen MR) is 48.0 cm³/mol. The molecule has 13 heavy (non-hydrogen) atoms. The van der Waals surface area contributed by atoms with E-state index in [-0.39, 0.29) is 6.42 Å². The lowest BCUT2D eigenvalue weighted by Crippen LogP contribution is -2.24. The maximum Gasteiger partial charge on any atom is 0.305 e. The van der Waals surface area contributed by atoms with Gasteiger partial charge in [0.05, 0.1) is 32.5 Å². The first kappa shape index (κ1) is 9.98. The van der Waals surface area contributed by atoms with Crippen LogP contribution in [0.2, 0.25) is 0 Å². The minimum atomic E-state index is -0.817. The highest BCUT2D eigenvalue weighted by Crippen LogP contribution is 1.92. The first-order valence-corrected chi connectivity index (χ1v) is 4.32. The van der Waals surface area contributed by atoms with E-state index in [2.05, 4.69) is 9.89 Å². The average Bonchev–Trinajstić information content (AvgIpc) is 2.55. The third-order valence-electron chi connectivity index (χ3n) is 1.74. The van der Waals surface area contributed by atoms with Gasteiger partial charge in [0.2, 0.25) is 0 Å². The molecule has 0 aromatic carbocycles. The van der Waals surface area contributed by atoms with Gasteiger partial charge in [-0.25, -0.2) is 0 Å². The molecule has 0 saturated heterocycles. The minimum absolute atomic E-state index is 0.0775. The van der Waals surface area contributed by atoms with Crippen LogP contribution in [0.15, 0.2) is 4.99 Å². The third-order valence-corrected chi connectivity index (χ3v) is 1.74. The molecule has 0 spiro atoms. The van der Waals surface area contributed by atoms with Crippen molar-refractivity contribution in [3.63, 3.8) is 0 Å². The van der Waals surface area contributed by atoms with Gasteiger partial charge in [0, 0.05) is 13.1 Å². The zero-order valence-electron chi connectivity index (χ0n) is 7.48. The molecule has 5 heteroatoms. The van der Waals surface area contributed by atoms with Crippen LogP contribution in [0.4, 0.5) is 0 Å². The van der Waals surface area contributed by atoms with Crippen LogP contribution in [0.1, 0.15) is 6.42 Å².